The number of nitro groups is 1. The Morgan fingerprint density at radius 2 is 2.00 bits per heavy atom. The quantitative estimate of drug-likeness (QED) is 0.430. The molecule has 2 aromatic rings. The van der Waals surface area contributed by atoms with Crippen molar-refractivity contribution in [1.29, 1.82) is 0 Å². The van der Waals surface area contributed by atoms with Crippen molar-refractivity contribution < 1.29 is 19.2 Å². The lowest BCUT2D eigenvalue weighted by Gasteiger charge is -2.10. The fourth-order valence-corrected chi connectivity index (χ4v) is 3.06. The number of anilines is 1. The molecular weight excluding hydrogens is 356 g/mol. The van der Waals surface area contributed by atoms with Crippen LogP contribution >= 0.6 is 11.8 Å². The number of carbonyl (C=O) groups is 2. The summed E-state index contributed by atoms with van der Waals surface area (Å²) < 4.78 is 5.28. The summed E-state index contributed by atoms with van der Waals surface area (Å²) in [6, 6.07) is 11.0. The Labute approximate surface area is 154 Å². The van der Waals surface area contributed by atoms with Crippen molar-refractivity contribution in [3.8, 4) is 5.75 Å². The molecule has 1 N–H and O–H groups in total. The number of Topliss-reactive ketones (excluding diaryl/α,β-unsaturated/α-hetero) is 1. The highest BCUT2D eigenvalue weighted by molar-refractivity contribution is 7.99. The van der Waals surface area contributed by atoms with Crippen LogP contribution in [0.25, 0.3) is 0 Å². The molecule has 0 radical (unpaired) electrons. The Hall–Kier alpha value is -2.87. The van der Waals surface area contributed by atoms with Gasteiger partial charge in [0.2, 0.25) is 5.91 Å². The van der Waals surface area contributed by atoms with Crippen LogP contribution in [0.4, 0.5) is 11.4 Å². The summed E-state index contributed by atoms with van der Waals surface area (Å²) in [7, 11) is 1.55. The molecule has 8 heteroatoms. The first kappa shape index (κ1) is 19.5. The normalized spacial score (nSPS) is 10.2. The van der Waals surface area contributed by atoms with Crippen molar-refractivity contribution in [3.05, 3.63) is 63.7 Å². The molecule has 0 aliphatic heterocycles. The molecule has 0 fully saturated rings. The van der Waals surface area contributed by atoms with Crippen LogP contribution in [0.3, 0.4) is 0 Å². The molecule has 0 aliphatic rings. The zero-order valence-corrected chi connectivity index (χ0v) is 15.2. The first-order valence-corrected chi connectivity index (χ1v) is 8.86. The Bertz CT molecular complexity index is 838. The molecule has 0 aliphatic carbocycles. The molecule has 1 amide bonds. The highest BCUT2D eigenvalue weighted by Gasteiger charge is 2.11. The summed E-state index contributed by atoms with van der Waals surface area (Å²) in [6.07, 6.45) is 0. The molecule has 0 saturated heterocycles. The van der Waals surface area contributed by atoms with Crippen LogP contribution in [0.15, 0.2) is 42.5 Å². The maximum atomic E-state index is 12.0. The van der Waals surface area contributed by atoms with Gasteiger partial charge in [-0.15, -0.1) is 11.8 Å². The van der Waals surface area contributed by atoms with E-state index in [4.69, 9.17) is 4.74 Å². The van der Waals surface area contributed by atoms with E-state index in [2.05, 4.69) is 5.32 Å². The van der Waals surface area contributed by atoms with E-state index in [0.717, 1.165) is 5.56 Å². The van der Waals surface area contributed by atoms with Crippen molar-refractivity contribution in [3.63, 3.8) is 0 Å². The van der Waals surface area contributed by atoms with Crippen LogP contribution in [0.5, 0.6) is 5.75 Å². The highest BCUT2D eigenvalue weighted by atomic mass is 32.2. The molecule has 0 bridgehead atoms. The molecule has 0 heterocycles. The Morgan fingerprint density at radius 3 is 2.65 bits per heavy atom. The zero-order valence-electron chi connectivity index (χ0n) is 14.4. The molecule has 0 saturated carbocycles. The van der Waals surface area contributed by atoms with Gasteiger partial charge in [-0.1, -0.05) is 6.07 Å². The average Bonchev–Trinajstić information content (AvgIpc) is 2.61. The summed E-state index contributed by atoms with van der Waals surface area (Å²) in [4.78, 5) is 33.8. The van der Waals surface area contributed by atoms with E-state index in [1.54, 1.807) is 31.4 Å². The summed E-state index contributed by atoms with van der Waals surface area (Å²) in [5.74, 6) is 1.00. The summed E-state index contributed by atoms with van der Waals surface area (Å²) in [5, 5.41) is 13.4. The van der Waals surface area contributed by atoms with Crippen molar-refractivity contribution >= 4 is 34.8 Å². The third kappa shape index (κ3) is 5.32. The van der Waals surface area contributed by atoms with Crippen molar-refractivity contribution in [1.82, 2.24) is 0 Å². The second-order valence-corrected chi connectivity index (χ2v) is 6.42. The first-order chi connectivity index (χ1) is 12.4. The number of rotatable bonds is 8. The van der Waals surface area contributed by atoms with E-state index in [-0.39, 0.29) is 23.1 Å². The van der Waals surface area contributed by atoms with Gasteiger partial charge < -0.3 is 10.1 Å². The average molecular weight is 374 g/mol. The molecule has 2 rings (SSSR count). The predicted octanol–water partition coefficient (Wildman–Crippen LogP) is 3.68. The second-order valence-electron chi connectivity index (χ2n) is 5.43. The maximum absolute atomic E-state index is 12.0. The molecule has 7 nitrogen and oxygen atoms in total. The van der Waals surface area contributed by atoms with Gasteiger partial charge in [0, 0.05) is 34.7 Å². The standard InChI is InChI=1S/C18H18N2O5S/c1-12(21)13-6-7-17(25-2)14(8-13)10-26-11-18(22)19-15-4-3-5-16(9-15)20(23)24/h3-9H,10-11H2,1-2H3,(H,19,22). The minimum atomic E-state index is -0.515. The number of ketones is 1. The molecule has 0 spiro atoms. The predicted molar refractivity (Wildman–Crippen MR) is 101 cm³/mol. The third-order valence-electron chi connectivity index (χ3n) is 3.52. The molecule has 0 aromatic heterocycles. The SMILES string of the molecule is COc1ccc(C(C)=O)cc1CSCC(=O)Nc1cccc([N+](=O)[O-])c1. The van der Waals surface area contributed by atoms with E-state index in [1.807, 2.05) is 0 Å². The Morgan fingerprint density at radius 1 is 1.23 bits per heavy atom. The molecule has 0 unspecified atom stereocenters. The topological polar surface area (TPSA) is 98.5 Å². The number of ether oxygens (including phenoxy) is 1. The molecular formula is C18H18N2O5S. The first-order valence-electron chi connectivity index (χ1n) is 7.70. The largest absolute Gasteiger partial charge is 0.496 e. The number of thioether (sulfide) groups is 1. The molecule has 2 aromatic carbocycles. The number of benzene rings is 2. The summed E-state index contributed by atoms with van der Waals surface area (Å²) in [5.41, 5.74) is 1.71. The number of nitro benzene ring substituents is 1. The van der Waals surface area contributed by atoms with E-state index in [9.17, 15) is 19.7 Å². The van der Waals surface area contributed by atoms with E-state index in [1.165, 1.54) is 36.9 Å². The summed E-state index contributed by atoms with van der Waals surface area (Å²) >= 11 is 1.36. The number of nitrogens with zero attached hydrogens (tertiary/aromatic N) is 1. The van der Waals surface area contributed by atoms with E-state index in [0.29, 0.717) is 22.8 Å². The monoisotopic (exact) mass is 374 g/mol. The number of amides is 1. The van der Waals surface area contributed by atoms with Gasteiger partial charge in [0.1, 0.15) is 5.75 Å². The minimum Gasteiger partial charge on any atom is -0.496 e. The third-order valence-corrected chi connectivity index (χ3v) is 4.50. The van der Waals surface area contributed by atoms with Gasteiger partial charge in [0.05, 0.1) is 17.8 Å². The van der Waals surface area contributed by atoms with Crippen molar-refractivity contribution in [2.45, 2.75) is 12.7 Å². The Kier molecular flexibility index (Phi) is 6.74. The summed E-state index contributed by atoms with van der Waals surface area (Å²) in [6.45, 7) is 1.49. The maximum Gasteiger partial charge on any atom is 0.271 e. The van der Waals surface area contributed by atoms with Crippen LogP contribution in [0, 0.1) is 10.1 Å². The number of nitrogens with one attached hydrogen (secondary N) is 1. The number of hydrogen-bond acceptors (Lipinski definition) is 6. The fourth-order valence-electron chi connectivity index (χ4n) is 2.26. The van der Waals surface area contributed by atoms with Crippen LogP contribution in [0.2, 0.25) is 0 Å². The van der Waals surface area contributed by atoms with Gasteiger partial charge in [-0.05, 0) is 31.2 Å². The van der Waals surface area contributed by atoms with E-state index >= 15 is 0 Å². The molecule has 26 heavy (non-hydrogen) atoms. The number of carbonyl (C=O) groups excluding carboxylic acids is 2. The second kappa shape index (κ2) is 9.00. The lowest BCUT2D eigenvalue weighted by molar-refractivity contribution is -0.384. The van der Waals surface area contributed by atoms with Gasteiger partial charge in [-0.3, -0.25) is 19.7 Å². The van der Waals surface area contributed by atoms with Gasteiger partial charge in [0.15, 0.2) is 5.78 Å². The van der Waals surface area contributed by atoms with E-state index < -0.39 is 4.92 Å². The molecule has 136 valence electrons. The molecule has 0 atom stereocenters. The van der Waals surface area contributed by atoms with Gasteiger partial charge in [-0.2, -0.15) is 0 Å². The van der Waals surface area contributed by atoms with Crippen molar-refractivity contribution in [2.24, 2.45) is 0 Å². The van der Waals surface area contributed by atoms with Gasteiger partial charge >= 0.3 is 0 Å². The van der Waals surface area contributed by atoms with Crippen molar-refractivity contribution in [2.75, 3.05) is 18.2 Å². The lowest BCUT2D eigenvalue weighted by atomic mass is 10.1. The number of non-ortho nitro benzene ring substituents is 1. The fraction of sp³-hybridized carbons (Fsp3) is 0.222. The Balaban J connectivity index is 1.94. The zero-order chi connectivity index (χ0) is 19.1. The lowest BCUT2D eigenvalue weighted by Crippen LogP contribution is -2.14. The van der Waals surface area contributed by atoms with Crippen LogP contribution in [-0.2, 0) is 10.5 Å². The van der Waals surface area contributed by atoms with Gasteiger partial charge in [-0.25, -0.2) is 0 Å². The minimum absolute atomic E-state index is 0.0395. The smallest absolute Gasteiger partial charge is 0.271 e. The van der Waals surface area contributed by atoms with Crippen LogP contribution < -0.4 is 10.1 Å². The van der Waals surface area contributed by atoms with Crippen LogP contribution in [0.1, 0.15) is 22.8 Å². The number of hydrogen-bond donors (Lipinski definition) is 1. The highest BCUT2D eigenvalue weighted by Crippen LogP contribution is 2.25. The van der Waals surface area contributed by atoms with Gasteiger partial charge in [0.25, 0.3) is 5.69 Å². The van der Waals surface area contributed by atoms with Crippen LogP contribution in [-0.4, -0.2) is 29.5 Å². The number of methoxy groups -OCH3 is 1.